The monoisotopic (exact) mass is 310 g/mol. The Kier molecular flexibility index (Phi) is 4.10. The van der Waals surface area contributed by atoms with Gasteiger partial charge in [-0.2, -0.15) is 0 Å². The van der Waals surface area contributed by atoms with Crippen LogP contribution in [0.25, 0.3) is 0 Å². The highest BCUT2D eigenvalue weighted by Crippen LogP contribution is 2.55. The van der Waals surface area contributed by atoms with Crippen LogP contribution in [-0.2, 0) is 28.6 Å². The predicted molar refractivity (Wildman–Crippen MR) is 74.5 cm³/mol. The minimum atomic E-state index is -0.394. The van der Waals surface area contributed by atoms with Crippen molar-refractivity contribution >= 4 is 17.9 Å². The van der Waals surface area contributed by atoms with Crippen LogP contribution >= 0.6 is 0 Å². The lowest BCUT2D eigenvalue weighted by Gasteiger charge is -2.25. The van der Waals surface area contributed by atoms with E-state index in [0.717, 1.165) is 12.8 Å². The van der Waals surface area contributed by atoms with E-state index < -0.39 is 5.97 Å². The molecule has 6 unspecified atom stereocenters. The zero-order chi connectivity index (χ0) is 15.9. The van der Waals surface area contributed by atoms with Crippen LogP contribution in [0.15, 0.2) is 0 Å². The van der Waals surface area contributed by atoms with Crippen molar-refractivity contribution in [2.24, 2.45) is 23.7 Å². The average Bonchev–Trinajstić information content (AvgIpc) is 3.11. The quantitative estimate of drug-likeness (QED) is 0.546. The second-order valence-electron chi connectivity index (χ2n) is 6.58. The second-order valence-corrected chi connectivity index (χ2v) is 6.58. The van der Waals surface area contributed by atoms with E-state index in [-0.39, 0.29) is 60.8 Å². The first kappa shape index (κ1) is 15.3. The number of hydrogen-bond donors (Lipinski definition) is 0. The Morgan fingerprint density at radius 3 is 2.86 bits per heavy atom. The van der Waals surface area contributed by atoms with E-state index in [1.807, 2.05) is 6.92 Å². The van der Waals surface area contributed by atoms with Gasteiger partial charge in [0.15, 0.2) is 0 Å². The third kappa shape index (κ3) is 2.59. The molecule has 2 saturated carbocycles. The SMILES string of the molecule is CCC(C)C(=O)OCCC(=O)OC1C2CC3C(=O)OC1C3C2. The van der Waals surface area contributed by atoms with Gasteiger partial charge in [0.05, 0.1) is 18.3 Å². The van der Waals surface area contributed by atoms with Crippen LogP contribution in [0.4, 0.5) is 0 Å². The molecular weight excluding hydrogens is 288 g/mol. The lowest BCUT2D eigenvalue weighted by molar-refractivity contribution is -0.164. The fourth-order valence-electron chi connectivity index (χ4n) is 3.82. The molecule has 3 rings (SSSR count). The van der Waals surface area contributed by atoms with Crippen LogP contribution < -0.4 is 0 Å². The van der Waals surface area contributed by atoms with Gasteiger partial charge in [0, 0.05) is 11.8 Å². The molecular formula is C16H22O6. The van der Waals surface area contributed by atoms with Gasteiger partial charge in [0.1, 0.15) is 18.8 Å². The van der Waals surface area contributed by atoms with Crippen molar-refractivity contribution in [1.82, 2.24) is 0 Å². The van der Waals surface area contributed by atoms with E-state index in [1.165, 1.54) is 0 Å². The third-order valence-electron chi connectivity index (χ3n) is 5.25. The van der Waals surface area contributed by atoms with Crippen LogP contribution in [0.3, 0.4) is 0 Å². The molecule has 3 aliphatic rings. The molecule has 2 bridgehead atoms. The summed E-state index contributed by atoms with van der Waals surface area (Å²) in [7, 11) is 0. The first-order valence-electron chi connectivity index (χ1n) is 8.07. The minimum Gasteiger partial charge on any atom is -0.465 e. The van der Waals surface area contributed by atoms with Gasteiger partial charge < -0.3 is 14.2 Å². The smallest absolute Gasteiger partial charge is 0.309 e. The normalized spacial score (nSPS) is 36.1. The van der Waals surface area contributed by atoms with Gasteiger partial charge in [-0.3, -0.25) is 14.4 Å². The second kappa shape index (κ2) is 5.89. The zero-order valence-corrected chi connectivity index (χ0v) is 12.9. The Morgan fingerprint density at radius 2 is 2.14 bits per heavy atom. The molecule has 2 aliphatic carbocycles. The van der Waals surface area contributed by atoms with Crippen LogP contribution in [-0.4, -0.2) is 36.7 Å². The average molecular weight is 310 g/mol. The Labute approximate surface area is 129 Å². The Balaban J connectivity index is 1.44. The highest BCUT2D eigenvalue weighted by Gasteiger charge is 2.63. The molecule has 0 spiro atoms. The van der Waals surface area contributed by atoms with Gasteiger partial charge >= 0.3 is 17.9 Å². The van der Waals surface area contributed by atoms with Crippen LogP contribution in [0.2, 0.25) is 0 Å². The molecule has 22 heavy (non-hydrogen) atoms. The molecule has 0 radical (unpaired) electrons. The van der Waals surface area contributed by atoms with Crippen molar-refractivity contribution < 1.29 is 28.6 Å². The Hall–Kier alpha value is -1.59. The Morgan fingerprint density at radius 1 is 1.36 bits per heavy atom. The van der Waals surface area contributed by atoms with Crippen LogP contribution in [0.1, 0.15) is 39.5 Å². The topological polar surface area (TPSA) is 78.9 Å². The number of ether oxygens (including phenoxy) is 3. The van der Waals surface area contributed by atoms with E-state index in [4.69, 9.17) is 14.2 Å². The molecule has 0 amide bonds. The first-order chi connectivity index (χ1) is 10.5. The summed E-state index contributed by atoms with van der Waals surface area (Å²) in [5.74, 6) is -0.509. The molecule has 0 aromatic heterocycles. The number of fused-ring (bicyclic) bond motifs is 1. The standard InChI is InChI=1S/C16H22O6/c1-3-8(2)15(18)20-5-4-12(17)21-13-9-6-10-11(7-9)16(19)22-14(10)13/h8-11,13-14H,3-7H2,1-2H3. The van der Waals surface area contributed by atoms with E-state index in [2.05, 4.69) is 0 Å². The minimum absolute atomic E-state index is 0.0152. The lowest BCUT2D eigenvalue weighted by atomic mass is 9.88. The van der Waals surface area contributed by atoms with Gasteiger partial charge in [0.2, 0.25) is 0 Å². The maximum absolute atomic E-state index is 11.9. The molecule has 122 valence electrons. The summed E-state index contributed by atoms with van der Waals surface area (Å²) in [5.41, 5.74) is 0. The lowest BCUT2D eigenvalue weighted by Crippen LogP contribution is -2.36. The summed E-state index contributed by atoms with van der Waals surface area (Å²) in [6.45, 7) is 3.74. The van der Waals surface area contributed by atoms with Gasteiger partial charge in [-0.15, -0.1) is 0 Å². The fraction of sp³-hybridized carbons (Fsp3) is 0.812. The summed E-state index contributed by atoms with van der Waals surface area (Å²) in [4.78, 5) is 35.1. The maximum Gasteiger partial charge on any atom is 0.309 e. The summed E-state index contributed by atoms with van der Waals surface area (Å²) >= 11 is 0. The highest BCUT2D eigenvalue weighted by atomic mass is 16.6. The summed E-state index contributed by atoms with van der Waals surface area (Å²) in [5, 5.41) is 0. The molecule has 0 N–H and O–H groups in total. The van der Waals surface area contributed by atoms with Crippen LogP contribution in [0.5, 0.6) is 0 Å². The number of esters is 3. The van der Waals surface area contributed by atoms with E-state index in [0.29, 0.717) is 6.42 Å². The van der Waals surface area contributed by atoms with Crippen molar-refractivity contribution in [2.75, 3.05) is 6.61 Å². The van der Waals surface area contributed by atoms with Crippen molar-refractivity contribution in [3.05, 3.63) is 0 Å². The van der Waals surface area contributed by atoms with E-state index in [1.54, 1.807) is 6.92 Å². The number of rotatable bonds is 6. The van der Waals surface area contributed by atoms with E-state index >= 15 is 0 Å². The molecule has 6 nitrogen and oxygen atoms in total. The predicted octanol–water partition coefficient (Wildman–Crippen LogP) is 1.46. The van der Waals surface area contributed by atoms with E-state index in [9.17, 15) is 14.4 Å². The summed E-state index contributed by atoms with van der Waals surface area (Å²) in [6.07, 6.45) is 1.85. The largest absolute Gasteiger partial charge is 0.465 e. The number of hydrogen-bond acceptors (Lipinski definition) is 6. The van der Waals surface area contributed by atoms with Crippen molar-refractivity contribution in [2.45, 2.75) is 51.7 Å². The zero-order valence-electron chi connectivity index (χ0n) is 12.9. The van der Waals surface area contributed by atoms with Gasteiger partial charge in [0.25, 0.3) is 0 Å². The highest BCUT2D eigenvalue weighted by molar-refractivity contribution is 5.77. The van der Waals surface area contributed by atoms with Gasteiger partial charge in [-0.05, 0) is 19.3 Å². The molecule has 0 aromatic carbocycles. The Bertz CT molecular complexity index is 487. The molecule has 6 atom stereocenters. The first-order valence-corrected chi connectivity index (χ1v) is 8.07. The number of carbonyl (C=O) groups excluding carboxylic acids is 3. The van der Waals surface area contributed by atoms with Crippen LogP contribution in [0, 0.1) is 23.7 Å². The molecule has 3 fully saturated rings. The van der Waals surface area contributed by atoms with Gasteiger partial charge in [-0.1, -0.05) is 13.8 Å². The number of carbonyl (C=O) groups is 3. The third-order valence-corrected chi connectivity index (χ3v) is 5.25. The fourth-order valence-corrected chi connectivity index (χ4v) is 3.82. The molecule has 1 heterocycles. The molecule has 6 heteroatoms. The molecule has 0 aromatic rings. The molecule has 1 aliphatic heterocycles. The molecule has 1 saturated heterocycles. The summed E-state index contributed by atoms with van der Waals surface area (Å²) < 4.78 is 15.9. The van der Waals surface area contributed by atoms with Crippen molar-refractivity contribution in [1.29, 1.82) is 0 Å². The summed E-state index contributed by atoms with van der Waals surface area (Å²) in [6, 6.07) is 0. The van der Waals surface area contributed by atoms with Crippen molar-refractivity contribution in [3.8, 4) is 0 Å². The van der Waals surface area contributed by atoms with Gasteiger partial charge in [-0.25, -0.2) is 0 Å². The van der Waals surface area contributed by atoms with Crippen molar-refractivity contribution in [3.63, 3.8) is 0 Å². The maximum atomic E-state index is 11.9.